The van der Waals surface area contributed by atoms with E-state index < -0.39 is 0 Å². The van der Waals surface area contributed by atoms with Crippen LogP contribution in [0.15, 0.2) is 24.3 Å². The predicted octanol–water partition coefficient (Wildman–Crippen LogP) is 0.171. The van der Waals surface area contributed by atoms with Crippen molar-refractivity contribution < 1.29 is 14.4 Å². The Hall–Kier alpha value is -2.17. The Morgan fingerprint density at radius 3 is 2.12 bits per heavy atom. The second kappa shape index (κ2) is 3.41. The number of nitrogens with zero attached hydrogens (tertiary/aromatic N) is 1. The monoisotopic (exact) mass is 230 g/mol. The van der Waals surface area contributed by atoms with Gasteiger partial charge in [0.2, 0.25) is 5.91 Å². The summed E-state index contributed by atoms with van der Waals surface area (Å²) in [7, 11) is 0. The van der Waals surface area contributed by atoms with Gasteiger partial charge in [-0.2, -0.15) is 0 Å². The third-order valence-electron chi connectivity index (χ3n) is 3.15. The number of imide groups is 1. The quantitative estimate of drug-likeness (QED) is 0.699. The zero-order chi connectivity index (χ0) is 12.0. The Balaban J connectivity index is 1.98. The molecule has 1 aromatic carbocycles. The third-order valence-corrected chi connectivity index (χ3v) is 3.15. The van der Waals surface area contributed by atoms with Gasteiger partial charge in [-0.15, -0.1) is 0 Å². The van der Waals surface area contributed by atoms with Gasteiger partial charge in [0, 0.05) is 13.0 Å². The van der Waals surface area contributed by atoms with E-state index in [0.717, 1.165) is 0 Å². The van der Waals surface area contributed by atoms with Crippen molar-refractivity contribution in [1.82, 2.24) is 10.2 Å². The average Bonchev–Trinajstić information content (AvgIpc) is 2.84. The molecule has 0 saturated carbocycles. The Morgan fingerprint density at radius 2 is 1.65 bits per heavy atom. The molecule has 1 N–H and O–H groups in total. The fourth-order valence-electron chi connectivity index (χ4n) is 2.31. The molecule has 0 spiro atoms. The molecule has 0 radical (unpaired) electrons. The molecule has 1 atom stereocenters. The number of fused-ring (bicyclic) bond motifs is 1. The van der Waals surface area contributed by atoms with Crippen molar-refractivity contribution in [3.8, 4) is 0 Å². The number of carbonyl (C=O) groups excluding carboxylic acids is 3. The smallest absolute Gasteiger partial charge is 0.261 e. The lowest BCUT2D eigenvalue weighted by molar-refractivity contribution is -0.119. The number of hydrogen-bond acceptors (Lipinski definition) is 3. The fraction of sp³-hybridized carbons (Fsp3) is 0.250. The topological polar surface area (TPSA) is 66.5 Å². The second-order valence-corrected chi connectivity index (χ2v) is 4.19. The Bertz CT molecular complexity index is 503. The van der Waals surface area contributed by atoms with Gasteiger partial charge in [-0.1, -0.05) is 12.1 Å². The average molecular weight is 230 g/mol. The van der Waals surface area contributed by atoms with E-state index in [0.29, 0.717) is 17.7 Å². The number of rotatable bonds is 1. The molecular formula is C12H10N2O3. The van der Waals surface area contributed by atoms with Crippen molar-refractivity contribution in [3.63, 3.8) is 0 Å². The van der Waals surface area contributed by atoms with Crippen molar-refractivity contribution in [2.75, 3.05) is 6.54 Å². The van der Waals surface area contributed by atoms with Crippen molar-refractivity contribution in [2.24, 2.45) is 0 Å². The largest absolute Gasteiger partial charge is 0.354 e. The van der Waals surface area contributed by atoms with Gasteiger partial charge in [-0.25, -0.2) is 0 Å². The molecule has 2 aliphatic rings. The molecule has 1 saturated heterocycles. The molecule has 2 heterocycles. The molecule has 0 aliphatic carbocycles. The minimum atomic E-state index is -0.352. The van der Waals surface area contributed by atoms with Gasteiger partial charge < -0.3 is 5.32 Å². The summed E-state index contributed by atoms with van der Waals surface area (Å²) >= 11 is 0. The maximum atomic E-state index is 12.1. The maximum absolute atomic E-state index is 12.1. The molecule has 3 amide bonds. The number of carbonyl (C=O) groups is 3. The highest BCUT2D eigenvalue weighted by Gasteiger charge is 2.42. The fourth-order valence-corrected chi connectivity index (χ4v) is 2.31. The van der Waals surface area contributed by atoms with Crippen molar-refractivity contribution in [2.45, 2.75) is 12.5 Å². The van der Waals surface area contributed by atoms with Crippen LogP contribution >= 0.6 is 0 Å². The van der Waals surface area contributed by atoms with Crippen LogP contribution in [0.4, 0.5) is 0 Å². The Labute approximate surface area is 97.4 Å². The molecule has 1 aromatic rings. The lowest BCUT2D eigenvalue weighted by Gasteiger charge is -2.19. The van der Waals surface area contributed by atoms with Crippen molar-refractivity contribution in [3.05, 3.63) is 35.4 Å². The summed E-state index contributed by atoms with van der Waals surface area (Å²) in [5.74, 6) is -0.717. The molecule has 0 aromatic heterocycles. The molecule has 5 nitrogen and oxygen atoms in total. The summed E-state index contributed by atoms with van der Waals surface area (Å²) in [6, 6.07) is 6.38. The molecule has 5 heteroatoms. The van der Waals surface area contributed by atoms with Gasteiger partial charge in [-0.05, 0) is 12.1 Å². The third kappa shape index (κ3) is 1.35. The first-order valence-corrected chi connectivity index (χ1v) is 5.42. The first kappa shape index (κ1) is 10.0. The van der Waals surface area contributed by atoms with E-state index >= 15 is 0 Å². The first-order chi connectivity index (χ1) is 8.18. The van der Waals surface area contributed by atoms with Gasteiger partial charge in [-0.3, -0.25) is 19.3 Å². The highest BCUT2D eigenvalue weighted by atomic mass is 16.2. The van der Waals surface area contributed by atoms with E-state index in [4.69, 9.17) is 0 Å². The van der Waals surface area contributed by atoms with Gasteiger partial charge in [0.15, 0.2) is 0 Å². The molecular weight excluding hydrogens is 220 g/mol. The first-order valence-electron chi connectivity index (χ1n) is 5.42. The number of hydrogen-bond donors (Lipinski definition) is 1. The number of amides is 3. The van der Waals surface area contributed by atoms with Crippen LogP contribution in [0.5, 0.6) is 0 Å². The number of nitrogens with one attached hydrogen (secondary N) is 1. The van der Waals surface area contributed by atoms with Crippen LogP contribution in [0.2, 0.25) is 0 Å². The lowest BCUT2D eigenvalue weighted by Crippen LogP contribution is -2.41. The van der Waals surface area contributed by atoms with Crippen LogP contribution in [0, 0.1) is 0 Å². The van der Waals surface area contributed by atoms with Crippen molar-refractivity contribution >= 4 is 17.7 Å². The zero-order valence-corrected chi connectivity index (χ0v) is 8.97. The summed E-state index contributed by atoms with van der Waals surface area (Å²) in [5.41, 5.74) is 0.855. The van der Waals surface area contributed by atoms with Gasteiger partial charge >= 0.3 is 0 Å². The molecule has 0 bridgehead atoms. The molecule has 2 aliphatic heterocycles. The Morgan fingerprint density at radius 1 is 1.06 bits per heavy atom. The maximum Gasteiger partial charge on any atom is 0.261 e. The van der Waals surface area contributed by atoms with Gasteiger partial charge in [0.25, 0.3) is 11.8 Å². The number of benzene rings is 1. The van der Waals surface area contributed by atoms with Crippen LogP contribution in [-0.4, -0.2) is 35.2 Å². The van der Waals surface area contributed by atoms with E-state index in [1.807, 2.05) is 0 Å². The van der Waals surface area contributed by atoms with Crippen LogP contribution in [0.25, 0.3) is 0 Å². The molecule has 17 heavy (non-hydrogen) atoms. The lowest BCUT2D eigenvalue weighted by atomic mass is 10.1. The van der Waals surface area contributed by atoms with E-state index in [2.05, 4.69) is 5.32 Å². The molecule has 0 unspecified atom stereocenters. The normalized spacial score (nSPS) is 22.9. The Kier molecular flexibility index (Phi) is 2.01. The highest BCUT2D eigenvalue weighted by molar-refractivity contribution is 6.21. The van der Waals surface area contributed by atoms with E-state index in [9.17, 15) is 14.4 Å². The van der Waals surface area contributed by atoms with Crippen LogP contribution in [0.1, 0.15) is 27.1 Å². The summed E-state index contributed by atoms with van der Waals surface area (Å²) in [6.45, 7) is 0.351. The van der Waals surface area contributed by atoms with Gasteiger partial charge in [0.05, 0.1) is 17.2 Å². The van der Waals surface area contributed by atoms with Crippen LogP contribution in [0.3, 0.4) is 0 Å². The molecule has 1 fully saturated rings. The van der Waals surface area contributed by atoms with E-state index in [1.165, 1.54) is 4.90 Å². The van der Waals surface area contributed by atoms with Gasteiger partial charge in [0.1, 0.15) is 0 Å². The summed E-state index contributed by atoms with van der Waals surface area (Å²) < 4.78 is 0. The van der Waals surface area contributed by atoms with Crippen LogP contribution in [-0.2, 0) is 4.79 Å². The minimum Gasteiger partial charge on any atom is -0.354 e. The summed E-state index contributed by atoms with van der Waals surface area (Å²) in [6.07, 6.45) is 0.200. The standard InChI is InChI=1S/C12H10N2O3/c15-10-5-7(6-13-10)14-11(16)8-3-1-2-4-9(8)12(14)17/h1-4,7H,5-6H2,(H,13,15)/t7-/m1/s1. The van der Waals surface area contributed by atoms with E-state index in [-0.39, 0.29) is 30.2 Å². The van der Waals surface area contributed by atoms with E-state index in [1.54, 1.807) is 24.3 Å². The van der Waals surface area contributed by atoms with Crippen LogP contribution < -0.4 is 5.32 Å². The molecule has 86 valence electrons. The summed E-state index contributed by atoms with van der Waals surface area (Å²) in [4.78, 5) is 36.5. The van der Waals surface area contributed by atoms with Crippen molar-refractivity contribution in [1.29, 1.82) is 0 Å². The minimum absolute atomic E-state index is 0.119. The highest BCUT2D eigenvalue weighted by Crippen LogP contribution is 2.26. The second-order valence-electron chi connectivity index (χ2n) is 4.19. The predicted molar refractivity (Wildman–Crippen MR) is 58.4 cm³/mol. The summed E-state index contributed by atoms with van der Waals surface area (Å²) in [5, 5.41) is 2.63. The molecule has 3 rings (SSSR count). The SMILES string of the molecule is O=C1C[C@@H](N2C(=O)c3ccccc3C2=O)CN1. The zero-order valence-electron chi connectivity index (χ0n) is 8.97.